The number of ether oxygens (including phenoxy) is 1. The van der Waals surface area contributed by atoms with Crippen molar-refractivity contribution in [2.75, 3.05) is 11.9 Å². The number of carbonyl (C=O) groups excluding carboxylic acids is 1. The van der Waals surface area contributed by atoms with Gasteiger partial charge in [-0.05, 0) is 24.8 Å². The van der Waals surface area contributed by atoms with Gasteiger partial charge in [-0.25, -0.2) is 4.79 Å². The molecular weight excluding hydrogens is 220 g/mol. The van der Waals surface area contributed by atoms with Crippen molar-refractivity contribution in [1.82, 2.24) is 0 Å². The van der Waals surface area contributed by atoms with Gasteiger partial charge in [0.05, 0.1) is 0 Å². The summed E-state index contributed by atoms with van der Waals surface area (Å²) in [5.41, 5.74) is 1.15. The maximum Gasteiger partial charge on any atom is 0.331 e. The van der Waals surface area contributed by atoms with Crippen molar-refractivity contribution in [3.8, 4) is 0 Å². The lowest BCUT2D eigenvalue weighted by Crippen LogP contribution is -1.91. The van der Waals surface area contributed by atoms with E-state index in [1.54, 1.807) is 6.08 Å². The third kappa shape index (κ3) is 3.39. The standard InChI is InChI=1S/C9H13BrO2/c10-5-3-1-2-4-8-6-9(11)12-7-8/h6H,1-5,7H2. The fourth-order valence-corrected chi connectivity index (χ4v) is 1.58. The highest BCUT2D eigenvalue weighted by Gasteiger charge is 2.11. The number of unbranched alkanes of at least 4 members (excludes halogenated alkanes) is 2. The van der Waals surface area contributed by atoms with Crippen molar-refractivity contribution in [2.45, 2.75) is 25.7 Å². The Balaban J connectivity index is 2.07. The summed E-state index contributed by atoms with van der Waals surface area (Å²) >= 11 is 3.38. The number of cyclic esters (lactones) is 1. The average Bonchev–Trinajstić information content (AvgIpc) is 2.45. The second-order valence-electron chi connectivity index (χ2n) is 2.91. The summed E-state index contributed by atoms with van der Waals surface area (Å²) in [5, 5.41) is 1.07. The number of rotatable bonds is 5. The lowest BCUT2D eigenvalue weighted by Gasteiger charge is -1.98. The highest BCUT2D eigenvalue weighted by molar-refractivity contribution is 9.09. The van der Waals surface area contributed by atoms with Crippen molar-refractivity contribution >= 4 is 21.9 Å². The molecule has 2 nitrogen and oxygen atoms in total. The molecule has 12 heavy (non-hydrogen) atoms. The summed E-state index contributed by atoms with van der Waals surface area (Å²) in [7, 11) is 0. The monoisotopic (exact) mass is 232 g/mol. The van der Waals surface area contributed by atoms with Crippen molar-refractivity contribution in [2.24, 2.45) is 0 Å². The fraction of sp³-hybridized carbons (Fsp3) is 0.667. The molecule has 0 aromatic heterocycles. The van der Waals surface area contributed by atoms with Crippen molar-refractivity contribution < 1.29 is 9.53 Å². The van der Waals surface area contributed by atoms with Crippen LogP contribution in [0.1, 0.15) is 25.7 Å². The van der Waals surface area contributed by atoms with E-state index in [0.717, 1.165) is 23.7 Å². The normalized spacial score (nSPS) is 16.1. The average molecular weight is 233 g/mol. The van der Waals surface area contributed by atoms with E-state index in [0.29, 0.717) is 6.61 Å². The Morgan fingerprint density at radius 2 is 2.25 bits per heavy atom. The van der Waals surface area contributed by atoms with E-state index < -0.39 is 0 Å². The number of esters is 1. The quantitative estimate of drug-likeness (QED) is 0.414. The SMILES string of the molecule is O=C1C=C(CCCCCBr)CO1. The molecule has 0 bridgehead atoms. The Kier molecular flexibility index (Phi) is 4.36. The van der Waals surface area contributed by atoms with Crippen LogP contribution in [-0.4, -0.2) is 17.9 Å². The first-order valence-electron chi connectivity index (χ1n) is 4.25. The van der Waals surface area contributed by atoms with Gasteiger partial charge in [0, 0.05) is 11.4 Å². The maximum atomic E-state index is 10.6. The van der Waals surface area contributed by atoms with Crippen molar-refractivity contribution in [3.63, 3.8) is 0 Å². The van der Waals surface area contributed by atoms with Gasteiger partial charge in [-0.15, -0.1) is 0 Å². The van der Waals surface area contributed by atoms with Crippen LogP contribution in [0.15, 0.2) is 11.6 Å². The maximum absolute atomic E-state index is 10.6. The number of hydrogen-bond donors (Lipinski definition) is 0. The number of halogens is 1. The van der Waals surface area contributed by atoms with E-state index in [-0.39, 0.29) is 5.97 Å². The molecule has 68 valence electrons. The summed E-state index contributed by atoms with van der Waals surface area (Å²) in [4.78, 5) is 10.6. The molecule has 0 aromatic rings. The molecule has 0 aliphatic carbocycles. The van der Waals surface area contributed by atoms with Gasteiger partial charge < -0.3 is 4.74 Å². The predicted octanol–water partition coefficient (Wildman–Crippen LogP) is 2.42. The Hall–Kier alpha value is -0.310. The minimum absolute atomic E-state index is 0.175. The van der Waals surface area contributed by atoms with Crippen LogP contribution in [0.3, 0.4) is 0 Å². The predicted molar refractivity (Wildman–Crippen MR) is 51.3 cm³/mol. The summed E-state index contributed by atoms with van der Waals surface area (Å²) in [6.45, 7) is 0.521. The van der Waals surface area contributed by atoms with Gasteiger partial charge in [0.2, 0.25) is 0 Å². The first-order valence-corrected chi connectivity index (χ1v) is 5.37. The number of alkyl halides is 1. The third-order valence-corrected chi connectivity index (χ3v) is 2.41. The molecular formula is C9H13BrO2. The Morgan fingerprint density at radius 1 is 1.42 bits per heavy atom. The molecule has 0 N–H and O–H groups in total. The largest absolute Gasteiger partial charge is 0.458 e. The number of carbonyl (C=O) groups is 1. The highest BCUT2D eigenvalue weighted by Crippen LogP contribution is 2.14. The van der Waals surface area contributed by atoms with Crippen LogP contribution >= 0.6 is 15.9 Å². The van der Waals surface area contributed by atoms with E-state index in [1.807, 2.05) is 0 Å². The molecule has 3 heteroatoms. The van der Waals surface area contributed by atoms with Gasteiger partial charge >= 0.3 is 5.97 Å². The lowest BCUT2D eigenvalue weighted by molar-refractivity contribution is -0.134. The van der Waals surface area contributed by atoms with Crippen LogP contribution < -0.4 is 0 Å². The van der Waals surface area contributed by atoms with Crippen LogP contribution in [0.25, 0.3) is 0 Å². The minimum atomic E-state index is -0.175. The molecule has 0 saturated heterocycles. The fourth-order valence-electron chi connectivity index (χ4n) is 1.18. The van der Waals surface area contributed by atoms with Crippen LogP contribution in [0.4, 0.5) is 0 Å². The van der Waals surface area contributed by atoms with Gasteiger partial charge in [0.15, 0.2) is 0 Å². The topological polar surface area (TPSA) is 26.3 Å². The van der Waals surface area contributed by atoms with Crippen molar-refractivity contribution in [3.05, 3.63) is 11.6 Å². The van der Waals surface area contributed by atoms with E-state index in [4.69, 9.17) is 4.74 Å². The van der Waals surface area contributed by atoms with E-state index in [1.165, 1.54) is 12.8 Å². The van der Waals surface area contributed by atoms with Gasteiger partial charge in [-0.3, -0.25) is 0 Å². The second-order valence-corrected chi connectivity index (χ2v) is 3.70. The zero-order valence-electron chi connectivity index (χ0n) is 7.01. The van der Waals surface area contributed by atoms with Crippen LogP contribution in [0.2, 0.25) is 0 Å². The minimum Gasteiger partial charge on any atom is -0.458 e. The summed E-state index contributed by atoms with van der Waals surface area (Å²) < 4.78 is 4.78. The summed E-state index contributed by atoms with van der Waals surface area (Å²) in [5.74, 6) is -0.175. The number of hydrogen-bond acceptors (Lipinski definition) is 2. The smallest absolute Gasteiger partial charge is 0.331 e. The van der Waals surface area contributed by atoms with E-state index >= 15 is 0 Å². The molecule has 0 aromatic carbocycles. The van der Waals surface area contributed by atoms with Crippen LogP contribution in [0, 0.1) is 0 Å². The Morgan fingerprint density at radius 3 is 2.83 bits per heavy atom. The van der Waals surface area contributed by atoms with E-state index in [9.17, 15) is 4.79 Å². The van der Waals surface area contributed by atoms with Crippen LogP contribution in [0.5, 0.6) is 0 Å². The molecule has 1 aliphatic rings. The Labute approximate surface area is 81.1 Å². The third-order valence-electron chi connectivity index (χ3n) is 1.85. The molecule has 0 atom stereocenters. The molecule has 0 radical (unpaired) electrons. The molecule has 0 saturated carbocycles. The zero-order valence-corrected chi connectivity index (χ0v) is 8.60. The van der Waals surface area contributed by atoms with Gasteiger partial charge in [-0.2, -0.15) is 0 Å². The molecule has 0 fully saturated rings. The van der Waals surface area contributed by atoms with Gasteiger partial charge in [-0.1, -0.05) is 22.4 Å². The van der Waals surface area contributed by atoms with E-state index in [2.05, 4.69) is 15.9 Å². The summed E-state index contributed by atoms with van der Waals surface area (Å²) in [6, 6.07) is 0. The zero-order chi connectivity index (χ0) is 8.81. The summed E-state index contributed by atoms with van der Waals surface area (Å²) in [6.07, 6.45) is 6.22. The highest BCUT2D eigenvalue weighted by atomic mass is 79.9. The lowest BCUT2D eigenvalue weighted by atomic mass is 10.1. The van der Waals surface area contributed by atoms with Gasteiger partial charge in [0.1, 0.15) is 6.61 Å². The molecule has 1 heterocycles. The first-order chi connectivity index (χ1) is 5.83. The molecule has 0 amide bonds. The second kappa shape index (κ2) is 5.36. The van der Waals surface area contributed by atoms with Crippen molar-refractivity contribution in [1.29, 1.82) is 0 Å². The molecule has 0 spiro atoms. The van der Waals surface area contributed by atoms with Crippen LogP contribution in [-0.2, 0) is 9.53 Å². The molecule has 1 rings (SSSR count). The molecule has 1 aliphatic heterocycles. The Bertz CT molecular complexity index is 187. The molecule has 0 unspecified atom stereocenters. The first kappa shape index (κ1) is 9.78. The van der Waals surface area contributed by atoms with Gasteiger partial charge in [0.25, 0.3) is 0 Å².